The molecule has 0 radical (unpaired) electrons. The van der Waals surface area contributed by atoms with E-state index in [2.05, 4.69) is 10.2 Å². The molecular weight excluding hydrogens is 410 g/mol. The summed E-state index contributed by atoms with van der Waals surface area (Å²) in [5, 5.41) is 15.8. The van der Waals surface area contributed by atoms with Gasteiger partial charge in [0.25, 0.3) is 5.95 Å². The van der Waals surface area contributed by atoms with E-state index in [0.29, 0.717) is 22.4 Å². The Labute approximate surface area is 184 Å². The Morgan fingerprint density at radius 3 is 2.39 bits per heavy atom. The van der Waals surface area contributed by atoms with E-state index in [-0.39, 0.29) is 12.3 Å². The molecule has 152 valence electrons. The Kier molecular flexibility index (Phi) is 4.84. The van der Waals surface area contributed by atoms with Crippen molar-refractivity contribution in [1.82, 2.24) is 14.8 Å². The Hall–Kier alpha value is -3.77. The molecule has 1 aromatic heterocycles. The largest absolute Gasteiger partial charge is 0.292 e. The Balaban J connectivity index is 1.68. The van der Waals surface area contributed by atoms with Gasteiger partial charge in [-0.1, -0.05) is 72.3 Å². The average molecular weight is 428 g/mol. The summed E-state index contributed by atoms with van der Waals surface area (Å²) < 4.78 is 1.93. The summed E-state index contributed by atoms with van der Waals surface area (Å²) in [7, 11) is 0. The van der Waals surface area contributed by atoms with E-state index in [1.54, 1.807) is 17.1 Å². The molecule has 0 spiro atoms. The molecule has 0 atom stereocenters. The summed E-state index contributed by atoms with van der Waals surface area (Å²) in [6.45, 7) is 1.92. The first-order valence-electron chi connectivity index (χ1n) is 9.84. The van der Waals surface area contributed by atoms with Crippen molar-refractivity contribution in [2.75, 3.05) is 11.6 Å². The van der Waals surface area contributed by atoms with Crippen LogP contribution in [-0.2, 0) is 0 Å². The number of benzene rings is 3. The lowest BCUT2D eigenvalue weighted by molar-refractivity contribution is 0.0999. The summed E-state index contributed by atoms with van der Waals surface area (Å²) in [6, 6.07) is 24.6. The topological polar surface area (TPSA) is 63.4 Å². The molecule has 0 unspecified atom stereocenters. The van der Waals surface area contributed by atoms with Crippen LogP contribution < -0.4 is 5.01 Å². The van der Waals surface area contributed by atoms with Crippen molar-refractivity contribution in [2.45, 2.75) is 6.92 Å². The van der Waals surface area contributed by atoms with E-state index in [4.69, 9.17) is 16.7 Å². The third-order valence-electron chi connectivity index (χ3n) is 5.17. The van der Waals surface area contributed by atoms with Crippen molar-refractivity contribution in [3.8, 4) is 5.69 Å². The van der Waals surface area contributed by atoms with Crippen LogP contribution in [0.4, 0.5) is 5.95 Å². The second-order valence-corrected chi connectivity index (χ2v) is 7.64. The maximum absolute atomic E-state index is 13.0. The van der Waals surface area contributed by atoms with E-state index in [0.717, 1.165) is 22.5 Å². The number of aromatic nitrogens is 3. The number of halogens is 1. The SMILES string of the molecule is Cc1nnc2n1-c1ccccc1C(c1ccc(Cl)cc1)=NN2CC(=O)c1ccccc1. The fraction of sp³-hybridized carbons (Fsp3) is 0.0833. The number of carbonyl (C=O) groups is 1. The molecule has 5 rings (SSSR count). The third kappa shape index (κ3) is 3.51. The lowest BCUT2D eigenvalue weighted by Crippen LogP contribution is -2.28. The molecule has 0 aliphatic carbocycles. The number of hydrazone groups is 1. The standard InChI is InChI=1S/C24H18ClN5O/c1-16-26-27-24-29(15-22(31)17-7-3-2-4-8-17)28-23(18-11-13-19(25)14-12-18)20-9-5-6-10-21(20)30(16)24/h2-14H,15H2,1H3. The molecule has 0 amide bonds. The van der Waals surface area contributed by atoms with Gasteiger partial charge in [-0.25, -0.2) is 5.01 Å². The van der Waals surface area contributed by atoms with Crippen molar-refractivity contribution in [3.63, 3.8) is 0 Å². The summed E-state index contributed by atoms with van der Waals surface area (Å²) >= 11 is 6.11. The summed E-state index contributed by atoms with van der Waals surface area (Å²) in [5.74, 6) is 1.16. The van der Waals surface area contributed by atoms with Crippen LogP contribution in [-0.4, -0.2) is 32.8 Å². The van der Waals surface area contributed by atoms with Gasteiger partial charge in [-0.3, -0.25) is 9.36 Å². The first-order valence-corrected chi connectivity index (χ1v) is 10.2. The molecule has 1 aliphatic rings. The van der Waals surface area contributed by atoms with Crippen LogP contribution in [0, 0.1) is 6.92 Å². The van der Waals surface area contributed by atoms with E-state index < -0.39 is 0 Å². The number of Topliss-reactive ketones (excluding diaryl/α,β-unsaturated/α-hetero) is 1. The monoisotopic (exact) mass is 427 g/mol. The zero-order chi connectivity index (χ0) is 21.4. The van der Waals surface area contributed by atoms with Gasteiger partial charge >= 0.3 is 0 Å². The van der Waals surface area contributed by atoms with E-state index in [1.807, 2.05) is 78.2 Å². The molecule has 31 heavy (non-hydrogen) atoms. The van der Waals surface area contributed by atoms with Gasteiger partial charge < -0.3 is 0 Å². The van der Waals surface area contributed by atoms with Crippen LogP contribution in [0.1, 0.15) is 27.3 Å². The Morgan fingerprint density at radius 1 is 0.903 bits per heavy atom. The summed E-state index contributed by atoms with van der Waals surface area (Å²) in [4.78, 5) is 13.0. The van der Waals surface area contributed by atoms with Gasteiger partial charge in [-0.2, -0.15) is 5.10 Å². The fourth-order valence-corrected chi connectivity index (χ4v) is 3.79. The minimum atomic E-state index is -0.0574. The number of hydrogen-bond donors (Lipinski definition) is 0. The van der Waals surface area contributed by atoms with Crippen LogP contribution in [0.5, 0.6) is 0 Å². The molecule has 0 saturated carbocycles. The number of nitrogens with zero attached hydrogens (tertiary/aromatic N) is 5. The number of anilines is 1. The molecule has 0 saturated heterocycles. The first kappa shape index (κ1) is 19.2. The number of hydrogen-bond acceptors (Lipinski definition) is 5. The Morgan fingerprint density at radius 2 is 1.61 bits per heavy atom. The van der Waals surface area contributed by atoms with Crippen LogP contribution in [0.15, 0.2) is 84.0 Å². The highest BCUT2D eigenvalue weighted by Crippen LogP contribution is 2.30. The second kappa shape index (κ2) is 7.81. The molecule has 0 fully saturated rings. The number of aryl methyl sites for hydroxylation is 1. The van der Waals surface area contributed by atoms with E-state index >= 15 is 0 Å². The Bertz CT molecular complexity index is 1300. The van der Waals surface area contributed by atoms with Crippen LogP contribution in [0.25, 0.3) is 5.69 Å². The summed E-state index contributed by atoms with van der Waals surface area (Å²) in [6.07, 6.45) is 0. The molecule has 6 nitrogen and oxygen atoms in total. The normalized spacial score (nSPS) is 12.6. The minimum Gasteiger partial charge on any atom is -0.292 e. The van der Waals surface area contributed by atoms with Gasteiger partial charge in [0.05, 0.1) is 5.69 Å². The fourth-order valence-electron chi connectivity index (χ4n) is 3.67. The van der Waals surface area contributed by atoms with Crippen LogP contribution >= 0.6 is 11.6 Å². The van der Waals surface area contributed by atoms with Crippen molar-refractivity contribution in [1.29, 1.82) is 0 Å². The van der Waals surface area contributed by atoms with Gasteiger partial charge in [0.2, 0.25) is 0 Å². The maximum atomic E-state index is 13.0. The molecular formula is C24H18ClN5O. The first-order chi connectivity index (χ1) is 15.1. The molecule has 0 N–H and O–H groups in total. The quantitative estimate of drug-likeness (QED) is 0.443. The van der Waals surface area contributed by atoms with Gasteiger partial charge in [0.1, 0.15) is 18.1 Å². The highest BCUT2D eigenvalue weighted by atomic mass is 35.5. The van der Waals surface area contributed by atoms with Crippen molar-refractivity contribution >= 4 is 29.0 Å². The predicted molar refractivity (Wildman–Crippen MR) is 121 cm³/mol. The smallest absolute Gasteiger partial charge is 0.252 e. The van der Waals surface area contributed by atoms with Crippen molar-refractivity contribution in [2.24, 2.45) is 5.10 Å². The zero-order valence-corrected chi connectivity index (χ0v) is 17.5. The van der Waals surface area contributed by atoms with Crippen molar-refractivity contribution in [3.05, 3.63) is 106 Å². The van der Waals surface area contributed by atoms with Crippen molar-refractivity contribution < 1.29 is 4.79 Å². The number of ketones is 1. The van der Waals surface area contributed by atoms with Gasteiger partial charge in [-0.05, 0) is 25.1 Å². The highest BCUT2D eigenvalue weighted by Gasteiger charge is 2.27. The number of carbonyl (C=O) groups excluding carboxylic acids is 1. The highest BCUT2D eigenvalue weighted by molar-refractivity contribution is 6.30. The molecule has 7 heteroatoms. The number of para-hydroxylation sites is 1. The number of rotatable bonds is 4. The molecule has 0 bridgehead atoms. The van der Waals surface area contributed by atoms with Gasteiger partial charge in [-0.15, -0.1) is 10.2 Å². The molecule has 4 aromatic rings. The second-order valence-electron chi connectivity index (χ2n) is 7.20. The molecule has 1 aliphatic heterocycles. The number of fused-ring (bicyclic) bond motifs is 3. The minimum absolute atomic E-state index is 0.0349. The lowest BCUT2D eigenvalue weighted by Gasteiger charge is -2.17. The van der Waals surface area contributed by atoms with E-state index in [9.17, 15) is 4.79 Å². The molecule has 3 aromatic carbocycles. The average Bonchev–Trinajstić information content (AvgIpc) is 3.12. The summed E-state index contributed by atoms with van der Waals surface area (Å²) in [5.41, 5.74) is 4.07. The van der Waals surface area contributed by atoms with E-state index in [1.165, 1.54) is 0 Å². The lowest BCUT2D eigenvalue weighted by atomic mass is 10.0. The predicted octanol–water partition coefficient (Wildman–Crippen LogP) is 4.68. The third-order valence-corrected chi connectivity index (χ3v) is 5.42. The van der Waals surface area contributed by atoms with Gasteiger partial charge in [0, 0.05) is 21.7 Å². The maximum Gasteiger partial charge on any atom is 0.252 e. The zero-order valence-electron chi connectivity index (χ0n) is 16.7. The van der Waals surface area contributed by atoms with Gasteiger partial charge in [0.15, 0.2) is 5.78 Å². The molecule has 2 heterocycles. The van der Waals surface area contributed by atoms with Crippen LogP contribution in [0.2, 0.25) is 5.02 Å². The van der Waals surface area contributed by atoms with Crippen LogP contribution in [0.3, 0.4) is 0 Å².